The highest BCUT2D eigenvalue weighted by molar-refractivity contribution is 5.83. The van der Waals surface area contributed by atoms with Crippen molar-refractivity contribution in [2.45, 2.75) is 43.7 Å². The van der Waals surface area contributed by atoms with Crippen LogP contribution in [0.5, 0.6) is 5.75 Å². The van der Waals surface area contributed by atoms with Crippen molar-refractivity contribution in [3.63, 3.8) is 0 Å². The summed E-state index contributed by atoms with van der Waals surface area (Å²) < 4.78 is 10.5. The summed E-state index contributed by atoms with van der Waals surface area (Å²) in [5.41, 5.74) is 1.70. The number of nitrogens with one attached hydrogen (secondary N) is 1. The van der Waals surface area contributed by atoms with E-state index >= 15 is 0 Å². The monoisotopic (exact) mass is 353 g/mol. The van der Waals surface area contributed by atoms with Gasteiger partial charge in [-0.2, -0.15) is 0 Å². The lowest BCUT2D eigenvalue weighted by Gasteiger charge is -2.38. The van der Waals surface area contributed by atoms with Gasteiger partial charge in [0.2, 0.25) is 0 Å². The minimum absolute atomic E-state index is 0.146. The van der Waals surface area contributed by atoms with Crippen LogP contribution in [0.25, 0.3) is 0 Å². The predicted molar refractivity (Wildman–Crippen MR) is 102 cm³/mol. The van der Waals surface area contributed by atoms with Crippen LogP contribution in [0.2, 0.25) is 0 Å². The molecule has 0 saturated heterocycles. The van der Waals surface area contributed by atoms with Crippen LogP contribution in [0, 0.1) is 0 Å². The molecule has 0 radical (unpaired) electrons. The van der Waals surface area contributed by atoms with Gasteiger partial charge in [0.25, 0.3) is 0 Å². The van der Waals surface area contributed by atoms with Crippen LogP contribution >= 0.6 is 0 Å². The first-order chi connectivity index (χ1) is 12.7. The Labute approximate surface area is 155 Å². The lowest BCUT2D eigenvalue weighted by atomic mass is 9.68. The average Bonchev–Trinajstić information content (AvgIpc) is 2.72. The van der Waals surface area contributed by atoms with E-state index in [0.29, 0.717) is 6.04 Å². The molecule has 0 unspecified atom stereocenters. The summed E-state index contributed by atoms with van der Waals surface area (Å²) in [5.74, 6) is 0.627. The maximum Gasteiger partial charge on any atom is 0.316 e. The third-order valence-electron chi connectivity index (χ3n) is 5.48. The Morgan fingerprint density at radius 2 is 1.81 bits per heavy atom. The van der Waals surface area contributed by atoms with Crippen molar-refractivity contribution in [1.29, 1.82) is 0 Å². The Kier molecular flexibility index (Phi) is 5.94. The van der Waals surface area contributed by atoms with Gasteiger partial charge in [-0.05, 0) is 48.9 Å². The molecule has 1 aliphatic rings. The van der Waals surface area contributed by atoms with E-state index in [4.69, 9.17) is 9.47 Å². The molecular weight excluding hydrogens is 326 g/mol. The second-order valence-corrected chi connectivity index (χ2v) is 6.95. The van der Waals surface area contributed by atoms with E-state index in [0.717, 1.165) is 43.5 Å². The fourth-order valence-corrected chi connectivity index (χ4v) is 3.90. The number of benzene rings is 2. The third kappa shape index (κ3) is 3.91. The Hall–Kier alpha value is -2.33. The van der Waals surface area contributed by atoms with Gasteiger partial charge in [-0.25, -0.2) is 0 Å². The van der Waals surface area contributed by atoms with E-state index in [1.54, 1.807) is 7.11 Å². The number of methoxy groups -OCH3 is 2. The van der Waals surface area contributed by atoms with Gasteiger partial charge in [-0.15, -0.1) is 0 Å². The van der Waals surface area contributed by atoms with Crippen LogP contribution < -0.4 is 10.1 Å². The second-order valence-electron chi connectivity index (χ2n) is 6.95. The fraction of sp³-hybridized carbons (Fsp3) is 0.409. The minimum Gasteiger partial charge on any atom is -0.497 e. The normalized spacial score (nSPS) is 22.6. The van der Waals surface area contributed by atoms with Gasteiger partial charge in [-0.1, -0.05) is 42.5 Å². The lowest BCUT2D eigenvalue weighted by molar-refractivity contribution is -0.149. The molecule has 2 aromatic rings. The average molecular weight is 353 g/mol. The lowest BCUT2D eigenvalue weighted by Crippen LogP contribution is -2.44. The van der Waals surface area contributed by atoms with Crippen LogP contribution in [0.15, 0.2) is 54.6 Å². The van der Waals surface area contributed by atoms with Crippen LogP contribution in [-0.2, 0) is 21.5 Å². The fourth-order valence-electron chi connectivity index (χ4n) is 3.90. The predicted octanol–water partition coefficient (Wildman–Crippen LogP) is 3.84. The van der Waals surface area contributed by atoms with Crippen LogP contribution in [0.4, 0.5) is 0 Å². The van der Waals surface area contributed by atoms with Crippen molar-refractivity contribution in [2.24, 2.45) is 0 Å². The third-order valence-corrected chi connectivity index (χ3v) is 5.48. The molecule has 4 heteroatoms. The molecule has 2 aromatic carbocycles. The van der Waals surface area contributed by atoms with E-state index in [-0.39, 0.29) is 5.97 Å². The Balaban J connectivity index is 1.70. The molecule has 0 bridgehead atoms. The molecule has 138 valence electrons. The highest BCUT2D eigenvalue weighted by atomic mass is 16.5. The Bertz CT molecular complexity index is 721. The number of rotatable bonds is 6. The largest absolute Gasteiger partial charge is 0.497 e. The number of hydrogen-bond acceptors (Lipinski definition) is 4. The topological polar surface area (TPSA) is 47.6 Å². The summed E-state index contributed by atoms with van der Waals surface area (Å²) in [6.45, 7) is 0.857. The van der Waals surface area contributed by atoms with E-state index in [1.807, 2.05) is 30.3 Å². The first-order valence-corrected chi connectivity index (χ1v) is 9.18. The van der Waals surface area contributed by atoms with Crippen molar-refractivity contribution >= 4 is 5.97 Å². The number of hydrogen-bond donors (Lipinski definition) is 1. The Morgan fingerprint density at radius 1 is 1.08 bits per heavy atom. The summed E-state index contributed by atoms with van der Waals surface area (Å²) in [7, 11) is 3.12. The van der Waals surface area contributed by atoms with E-state index in [2.05, 4.69) is 29.6 Å². The van der Waals surface area contributed by atoms with E-state index in [1.165, 1.54) is 12.7 Å². The van der Waals surface area contributed by atoms with Gasteiger partial charge in [0.15, 0.2) is 0 Å². The van der Waals surface area contributed by atoms with Gasteiger partial charge in [0.05, 0.1) is 19.6 Å². The molecule has 4 nitrogen and oxygen atoms in total. The maximum atomic E-state index is 12.7. The van der Waals surface area contributed by atoms with Crippen molar-refractivity contribution in [3.05, 3.63) is 65.7 Å². The number of carbonyl (C=O) groups is 1. The summed E-state index contributed by atoms with van der Waals surface area (Å²) in [6, 6.07) is 18.6. The van der Waals surface area contributed by atoms with Crippen molar-refractivity contribution < 1.29 is 14.3 Å². The molecule has 0 amide bonds. The molecule has 1 fully saturated rings. The number of ether oxygens (including phenoxy) is 2. The maximum absolute atomic E-state index is 12.7. The second kappa shape index (κ2) is 8.37. The zero-order valence-electron chi connectivity index (χ0n) is 15.5. The van der Waals surface area contributed by atoms with Crippen molar-refractivity contribution in [1.82, 2.24) is 5.32 Å². The number of carbonyl (C=O) groups excluding carboxylic acids is 1. The van der Waals surface area contributed by atoms with Crippen LogP contribution in [-0.4, -0.2) is 26.2 Å². The minimum atomic E-state index is -0.575. The summed E-state index contributed by atoms with van der Waals surface area (Å²) in [5, 5.41) is 3.63. The molecule has 1 saturated carbocycles. The van der Waals surface area contributed by atoms with Gasteiger partial charge in [0.1, 0.15) is 5.75 Å². The van der Waals surface area contributed by atoms with Crippen LogP contribution in [0.3, 0.4) is 0 Å². The summed E-state index contributed by atoms with van der Waals surface area (Å²) >= 11 is 0. The molecule has 3 rings (SSSR count). The van der Waals surface area contributed by atoms with E-state index in [9.17, 15) is 4.79 Å². The van der Waals surface area contributed by atoms with Crippen molar-refractivity contribution in [2.75, 3.05) is 14.2 Å². The zero-order chi connectivity index (χ0) is 18.4. The molecule has 0 aromatic heterocycles. The quantitative estimate of drug-likeness (QED) is 0.802. The van der Waals surface area contributed by atoms with Crippen LogP contribution in [0.1, 0.15) is 36.8 Å². The van der Waals surface area contributed by atoms with Gasteiger partial charge < -0.3 is 14.8 Å². The molecule has 1 aliphatic carbocycles. The first-order valence-electron chi connectivity index (χ1n) is 9.18. The highest BCUT2D eigenvalue weighted by Gasteiger charge is 2.44. The molecule has 26 heavy (non-hydrogen) atoms. The zero-order valence-corrected chi connectivity index (χ0v) is 15.5. The number of esters is 1. The molecule has 1 N–H and O–H groups in total. The summed E-state index contributed by atoms with van der Waals surface area (Å²) in [6.07, 6.45) is 3.44. The summed E-state index contributed by atoms with van der Waals surface area (Å²) in [4.78, 5) is 12.7. The smallest absolute Gasteiger partial charge is 0.316 e. The standard InChI is InChI=1S/C22H27NO3/c1-25-20-10-6-9-18(15-20)22(21(24)26-2)13-11-19(12-14-22)23-16-17-7-4-3-5-8-17/h3-10,15,19,23H,11-14,16H2,1-2H3/t19-,22-. The highest BCUT2D eigenvalue weighted by Crippen LogP contribution is 2.41. The molecule has 0 heterocycles. The molecule has 0 atom stereocenters. The van der Waals surface area contributed by atoms with Crippen molar-refractivity contribution in [3.8, 4) is 5.75 Å². The SMILES string of the molecule is COc1cccc([C@]2(C(=O)OC)CC[C@H](NCc3ccccc3)CC2)c1. The molecular formula is C22H27NO3. The van der Waals surface area contributed by atoms with Gasteiger partial charge >= 0.3 is 5.97 Å². The van der Waals surface area contributed by atoms with Gasteiger partial charge in [0, 0.05) is 12.6 Å². The van der Waals surface area contributed by atoms with Gasteiger partial charge in [-0.3, -0.25) is 4.79 Å². The molecule has 0 spiro atoms. The molecule has 0 aliphatic heterocycles. The van der Waals surface area contributed by atoms with E-state index < -0.39 is 5.41 Å². The first kappa shape index (κ1) is 18.5. The Morgan fingerprint density at radius 3 is 2.46 bits per heavy atom.